The number of nitrogens with zero attached hydrogens (tertiary/aromatic N) is 1. The van der Waals surface area contributed by atoms with Crippen molar-refractivity contribution in [2.24, 2.45) is 5.41 Å². The first kappa shape index (κ1) is 14.9. The fourth-order valence-corrected chi connectivity index (χ4v) is 2.56. The molecule has 3 N–H and O–H groups in total. The van der Waals surface area contributed by atoms with E-state index in [-0.39, 0.29) is 11.3 Å². The van der Waals surface area contributed by atoms with E-state index in [0.717, 1.165) is 19.3 Å². The molecule has 1 aromatic heterocycles. The van der Waals surface area contributed by atoms with Crippen LogP contribution < -0.4 is 10.6 Å². The molecule has 110 valence electrons. The van der Waals surface area contributed by atoms with Gasteiger partial charge in [0.15, 0.2) is 0 Å². The zero-order valence-corrected chi connectivity index (χ0v) is 11.9. The fraction of sp³-hybridized carbons (Fsp3) is 0.600. The average molecular weight is 277 g/mol. The molecule has 0 saturated heterocycles. The molecule has 1 fully saturated rings. The lowest BCUT2D eigenvalue weighted by atomic mass is 9.68. The van der Waals surface area contributed by atoms with E-state index in [9.17, 15) is 9.90 Å². The van der Waals surface area contributed by atoms with Crippen molar-refractivity contribution < 1.29 is 9.90 Å². The second-order valence-corrected chi connectivity index (χ2v) is 5.39. The van der Waals surface area contributed by atoms with Gasteiger partial charge in [0.05, 0.1) is 11.1 Å². The van der Waals surface area contributed by atoms with Gasteiger partial charge in [0, 0.05) is 25.8 Å². The molecule has 5 heteroatoms. The number of carbonyl (C=O) groups is 1. The minimum Gasteiger partial charge on any atom is -0.385 e. The van der Waals surface area contributed by atoms with E-state index in [2.05, 4.69) is 15.6 Å². The maximum Gasteiger partial charge on any atom is 0.227 e. The Morgan fingerprint density at radius 1 is 1.50 bits per heavy atom. The molecule has 0 bridgehead atoms. The molecule has 0 aliphatic heterocycles. The molecule has 1 atom stereocenters. The number of aliphatic hydroxyl groups excluding tert-OH is 1. The Kier molecular flexibility index (Phi) is 5.09. The zero-order chi connectivity index (χ0) is 14.4. The molecule has 2 rings (SSSR count). The summed E-state index contributed by atoms with van der Waals surface area (Å²) in [7, 11) is 0. The number of aliphatic hydroxyl groups is 1. The van der Waals surface area contributed by atoms with E-state index in [4.69, 9.17) is 0 Å². The van der Waals surface area contributed by atoms with E-state index >= 15 is 0 Å². The lowest BCUT2D eigenvalue weighted by Crippen LogP contribution is -2.51. The molecule has 0 spiro atoms. The Morgan fingerprint density at radius 2 is 2.30 bits per heavy atom. The summed E-state index contributed by atoms with van der Waals surface area (Å²) in [5, 5.41) is 16.1. The number of carbonyl (C=O) groups excluding carboxylic acids is 1. The summed E-state index contributed by atoms with van der Waals surface area (Å²) in [6.45, 7) is 3.63. The third kappa shape index (κ3) is 3.35. The van der Waals surface area contributed by atoms with Crippen LogP contribution in [0, 0.1) is 5.41 Å². The van der Waals surface area contributed by atoms with Crippen molar-refractivity contribution in [1.82, 2.24) is 15.6 Å². The summed E-state index contributed by atoms with van der Waals surface area (Å²) >= 11 is 0. The van der Waals surface area contributed by atoms with E-state index < -0.39 is 6.10 Å². The van der Waals surface area contributed by atoms with Crippen LogP contribution in [0.25, 0.3) is 0 Å². The van der Waals surface area contributed by atoms with Crippen LogP contribution in [0.4, 0.5) is 0 Å². The van der Waals surface area contributed by atoms with Crippen LogP contribution in [0.15, 0.2) is 24.4 Å². The molecule has 1 aromatic rings. The number of nitrogens with one attached hydrogen (secondary N) is 2. The van der Waals surface area contributed by atoms with Crippen molar-refractivity contribution in [3.05, 3.63) is 30.1 Å². The summed E-state index contributed by atoms with van der Waals surface area (Å²) in [5.74, 6) is 0.131. The van der Waals surface area contributed by atoms with Crippen molar-refractivity contribution in [3.8, 4) is 0 Å². The predicted molar refractivity (Wildman–Crippen MR) is 77.0 cm³/mol. The molecule has 1 aliphatic carbocycles. The highest BCUT2D eigenvalue weighted by Gasteiger charge is 2.43. The van der Waals surface area contributed by atoms with Gasteiger partial charge in [0.2, 0.25) is 5.91 Å². The van der Waals surface area contributed by atoms with Crippen LogP contribution >= 0.6 is 0 Å². The Balaban J connectivity index is 1.81. The highest BCUT2D eigenvalue weighted by atomic mass is 16.3. The van der Waals surface area contributed by atoms with Gasteiger partial charge in [0.25, 0.3) is 0 Å². The first-order valence-electron chi connectivity index (χ1n) is 7.26. The second kappa shape index (κ2) is 6.81. The Labute approximate surface area is 119 Å². The van der Waals surface area contributed by atoms with Crippen molar-refractivity contribution in [1.29, 1.82) is 0 Å². The smallest absolute Gasteiger partial charge is 0.227 e. The molecule has 1 heterocycles. The van der Waals surface area contributed by atoms with E-state index in [1.54, 1.807) is 12.3 Å². The van der Waals surface area contributed by atoms with Gasteiger partial charge in [-0.3, -0.25) is 9.78 Å². The minimum atomic E-state index is -0.637. The number of rotatable bonds is 7. The normalized spacial score (nSPS) is 18.1. The van der Waals surface area contributed by atoms with Gasteiger partial charge < -0.3 is 15.7 Å². The van der Waals surface area contributed by atoms with Crippen LogP contribution in [0.1, 0.15) is 38.0 Å². The molecule has 0 aromatic carbocycles. The zero-order valence-electron chi connectivity index (χ0n) is 11.9. The van der Waals surface area contributed by atoms with E-state index in [1.165, 1.54) is 0 Å². The highest BCUT2D eigenvalue weighted by Crippen LogP contribution is 2.40. The highest BCUT2D eigenvalue weighted by molar-refractivity contribution is 5.83. The quantitative estimate of drug-likeness (QED) is 0.695. The van der Waals surface area contributed by atoms with Crippen LogP contribution in [0.3, 0.4) is 0 Å². The lowest BCUT2D eigenvalue weighted by molar-refractivity contribution is -0.135. The molecule has 5 nitrogen and oxygen atoms in total. The number of amides is 1. The Bertz CT molecular complexity index is 432. The van der Waals surface area contributed by atoms with Gasteiger partial charge >= 0.3 is 0 Å². The fourth-order valence-electron chi connectivity index (χ4n) is 2.56. The monoisotopic (exact) mass is 277 g/mol. The van der Waals surface area contributed by atoms with Gasteiger partial charge in [-0.15, -0.1) is 0 Å². The van der Waals surface area contributed by atoms with E-state index in [1.807, 2.05) is 19.1 Å². The molecule has 1 aliphatic rings. The summed E-state index contributed by atoms with van der Waals surface area (Å²) < 4.78 is 0. The topological polar surface area (TPSA) is 74.2 Å². The maximum atomic E-state index is 12.1. The summed E-state index contributed by atoms with van der Waals surface area (Å²) in [5.41, 5.74) is 0.375. The third-order valence-corrected chi connectivity index (χ3v) is 3.96. The molecule has 1 saturated carbocycles. The van der Waals surface area contributed by atoms with Crippen molar-refractivity contribution in [2.45, 2.75) is 32.3 Å². The van der Waals surface area contributed by atoms with Crippen LogP contribution in [-0.2, 0) is 4.79 Å². The Hall–Kier alpha value is -1.46. The Morgan fingerprint density at radius 3 is 2.85 bits per heavy atom. The molecule has 1 amide bonds. The number of aromatic nitrogens is 1. The first-order valence-corrected chi connectivity index (χ1v) is 7.26. The molecular formula is C15H23N3O2. The number of pyridine rings is 1. The first-order chi connectivity index (χ1) is 9.68. The number of hydrogen-bond donors (Lipinski definition) is 3. The van der Waals surface area contributed by atoms with Gasteiger partial charge in [-0.2, -0.15) is 0 Å². The second-order valence-electron chi connectivity index (χ2n) is 5.39. The number of hydrogen-bond acceptors (Lipinski definition) is 4. The van der Waals surface area contributed by atoms with Gasteiger partial charge in [-0.1, -0.05) is 12.5 Å². The summed E-state index contributed by atoms with van der Waals surface area (Å²) in [6, 6.07) is 5.48. The van der Waals surface area contributed by atoms with Crippen LogP contribution in [-0.4, -0.2) is 35.6 Å². The summed E-state index contributed by atoms with van der Waals surface area (Å²) in [4.78, 5) is 16.2. The molecule has 1 unspecified atom stereocenters. The molecule has 20 heavy (non-hydrogen) atoms. The van der Waals surface area contributed by atoms with Crippen molar-refractivity contribution in [2.75, 3.05) is 19.6 Å². The van der Waals surface area contributed by atoms with E-state index in [0.29, 0.717) is 25.3 Å². The van der Waals surface area contributed by atoms with Crippen LogP contribution in [0.2, 0.25) is 0 Å². The minimum absolute atomic E-state index is 0.131. The molecule has 0 radical (unpaired) electrons. The SMILES string of the molecule is CCNC(=O)C1(CNCC(O)c2ccccn2)CCC1. The largest absolute Gasteiger partial charge is 0.385 e. The van der Waals surface area contributed by atoms with Gasteiger partial charge in [-0.05, 0) is 31.9 Å². The van der Waals surface area contributed by atoms with Crippen molar-refractivity contribution in [3.63, 3.8) is 0 Å². The molecular weight excluding hydrogens is 254 g/mol. The van der Waals surface area contributed by atoms with Crippen molar-refractivity contribution >= 4 is 5.91 Å². The predicted octanol–water partition coefficient (Wildman–Crippen LogP) is 1.01. The standard InChI is InChI=1S/C15H23N3O2/c1-2-17-14(20)15(7-5-8-15)11-16-10-13(19)12-6-3-4-9-18-12/h3-4,6,9,13,16,19H,2,5,7-8,10-11H2,1H3,(H,17,20). The van der Waals surface area contributed by atoms with Gasteiger partial charge in [-0.25, -0.2) is 0 Å². The lowest BCUT2D eigenvalue weighted by Gasteiger charge is -2.40. The van der Waals surface area contributed by atoms with Gasteiger partial charge in [0.1, 0.15) is 6.10 Å². The van der Waals surface area contributed by atoms with Crippen LogP contribution in [0.5, 0.6) is 0 Å². The third-order valence-electron chi connectivity index (χ3n) is 3.96. The maximum absolute atomic E-state index is 12.1. The average Bonchev–Trinajstić information content (AvgIpc) is 2.42. The summed E-state index contributed by atoms with van der Waals surface area (Å²) in [6.07, 6.45) is 3.97.